The summed E-state index contributed by atoms with van der Waals surface area (Å²) in [5.74, 6) is -0.511. The van der Waals surface area contributed by atoms with E-state index < -0.39 is 5.97 Å². The fraction of sp³-hybridized carbons (Fsp3) is 0.143. The first kappa shape index (κ1) is 13.7. The Morgan fingerprint density at radius 2 is 2.14 bits per heavy atom. The van der Waals surface area contributed by atoms with Crippen LogP contribution in [0.4, 0.5) is 5.69 Å². The fourth-order valence-corrected chi connectivity index (χ4v) is 2.43. The highest BCUT2D eigenvalue weighted by atomic mass is 79.9. The van der Waals surface area contributed by atoms with Crippen molar-refractivity contribution in [1.29, 1.82) is 0 Å². The predicted molar refractivity (Wildman–Crippen MR) is 76.5 cm³/mol. The van der Waals surface area contributed by atoms with Crippen molar-refractivity contribution < 1.29 is 23.8 Å². The molecule has 2 aromatic rings. The lowest BCUT2D eigenvalue weighted by molar-refractivity contribution is -0.121. The minimum absolute atomic E-state index is 0.0544. The first-order chi connectivity index (χ1) is 10.0. The molecule has 0 fully saturated rings. The Labute approximate surface area is 128 Å². The number of carbonyl (C=O) groups excluding carboxylic acids is 1. The maximum atomic E-state index is 12.0. The van der Waals surface area contributed by atoms with Crippen molar-refractivity contribution in [1.82, 2.24) is 0 Å². The van der Waals surface area contributed by atoms with Gasteiger partial charge in [0.05, 0.1) is 12.2 Å². The average Bonchev–Trinajstić information content (AvgIpc) is 2.91. The summed E-state index contributed by atoms with van der Waals surface area (Å²) < 4.78 is 11.4. The number of halogens is 1. The van der Waals surface area contributed by atoms with Crippen LogP contribution in [0, 0.1) is 0 Å². The summed E-state index contributed by atoms with van der Waals surface area (Å²) in [7, 11) is 0. The second-order valence-electron chi connectivity index (χ2n) is 4.45. The first-order valence-electron chi connectivity index (χ1n) is 6.09. The minimum Gasteiger partial charge on any atom is -0.482 e. The van der Waals surface area contributed by atoms with Gasteiger partial charge in [-0.3, -0.25) is 9.69 Å². The molecule has 2 heterocycles. The van der Waals surface area contributed by atoms with E-state index in [1.165, 1.54) is 11.0 Å². The number of carboxylic acids is 1. The number of hydrogen-bond acceptors (Lipinski definition) is 4. The molecule has 21 heavy (non-hydrogen) atoms. The molecule has 0 saturated heterocycles. The average molecular weight is 352 g/mol. The topological polar surface area (TPSA) is 80.0 Å². The maximum absolute atomic E-state index is 12.0. The summed E-state index contributed by atoms with van der Waals surface area (Å²) in [4.78, 5) is 24.4. The molecule has 0 spiro atoms. The maximum Gasteiger partial charge on any atom is 0.371 e. The number of anilines is 1. The Kier molecular flexibility index (Phi) is 3.42. The SMILES string of the molecule is O=C(O)c1ccc(CN2C(=O)COc3ccc(Br)cc32)o1. The zero-order valence-corrected chi connectivity index (χ0v) is 12.3. The number of nitrogens with zero attached hydrogens (tertiary/aromatic N) is 1. The van der Waals surface area contributed by atoms with Gasteiger partial charge in [-0.15, -0.1) is 0 Å². The molecule has 108 valence electrons. The van der Waals surface area contributed by atoms with Crippen molar-refractivity contribution in [3.63, 3.8) is 0 Å². The Hall–Kier alpha value is -2.28. The summed E-state index contributed by atoms with van der Waals surface area (Å²) in [5.41, 5.74) is 0.619. The number of hydrogen-bond donors (Lipinski definition) is 1. The molecule has 1 aromatic heterocycles. The van der Waals surface area contributed by atoms with Crippen LogP contribution in [0.15, 0.2) is 39.2 Å². The number of ether oxygens (including phenoxy) is 1. The molecule has 0 radical (unpaired) electrons. The van der Waals surface area contributed by atoms with E-state index in [9.17, 15) is 9.59 Å². The molecule has 7 heteroatoms. The van der Waals surface area contributed by atoms with E-state index in [1.54, 1.807) is 18.2 Å². The number of furan rings is 1. The molecular formula is C14H10BrNO5. The van der Waals surface area contributed by atoms with Crippen molar-refractivity contribution in [3.8, 4) is 5.75 Å². The molecule has 0 aliphatic carbocycles. The van der Waals surface area contributed by atoms with Crippen LogP contribution < -0.4 is 9.64 Å². The van der Waals surface area contributed by atoms with E-state index in [2.05, 4.69) is 15.9 Å². The number of fused-ring (bicyclic) bond motifs is 1. The fourth-order valence-electron chi connectivity index (χ4n) is 2.08. The largest absolute Gasteiger partial charge is 0.482 e. The zero-order valence-electron chi connectivity index (χ0n) is 10.7. The van der Waals surface area contributed by atoms with Crippen LogP contribution in [0.1, 0.15) is 16.3 Å². The van der Waals surface area contributed by atoms with Crippen LogP contribution in [0.25, 0.3) is 0 Å². The van der Waals surface area contributed by atoms with Gasteiger partial charge in [0.1, 0.15) is 11.5 Å². The number of benzene rings is 1. The molecule has 0 atom stereocenters. The summed E-state index contributed by atoms with van der Waals surface area (Å²) in [6.45, 7) is 0.0973. The number of amides is 1. The summed E-state index contributed by atoms with van der Waals surface area (Å²) >= 11 is 3.35. The molecule has 0 bridgehead atoms. The highest BCUT2D eigenvalue weighted by Gasteiger charge is 2.27. The van der Waals surface area contributed by atoms with E-state index in [0.29, 0.717) is 17.2 Å². The van der Waals surface area contributed by atoms with Gasteiger partial charge < -0.3 is 14.3 Å². The van der Waals surface area contributed by atoms with Gasteiger partial charge in [0.25, 0.3) is 5.91 Å². The lowest BCUT2D eigenvalue weighted by atomic mass is 10.2. The number of carboxylic acid groups (broad SMARTS) is 1. The quantitative estimate of drug-likeness (QED) is 0.919. The molecule has 1 aromatic carbocycles. The van der Waals surface area contributed by atoms with E-state index in [-0.39, 0.29) is 24.8 Å². The van der Waals surface area contributed by atoms with Crippen molar-refractivity contribution in [2.45, 2.75) is 6.54 Å². The standard InChI is InChI=1S/C14H10BrNO5/c15-8-1-3-11-10(5-8)16(13(17)7-20-11)6-9-2-4-12(21-9)14(18)19/h1-5H,6-7H2,(H,18,19). The van der Waals surface area contributed by atoms with Crippen molar-refractivity contribution in [2.75, 3.05) is 11.5 Å². The lowest BCUT2D eigenvalue weighted by Crippen LogP contribution is -2.38. The molecule has 6 nitrogen and oxygen atoms in total. The van der Waals surface area contributed by atoms with Gasteiger partial charge in [-0.2, -0.15) is 0 Å². The van der Waals surface area contributed by atoms with Gasteiger partial charge in [-0.1, -0.05) is 15.9 Å². The summed E-state index contributed by atoms with van der Waals surface area (Å²) in [6, 6.07) is 8.27. The van der Waals surface area contributed by atoms with E-state index in [1.807, 2.05) is 6.07 Å². The molecule has 1 N–H and O–H groups in total. The number of aromatic carboxylic acids is 1. The third kappa shape index (κ3) is 2.64. The Bertz CT molecular complexity index is 724. The molecule has 0 unspecified atom stereocenters. The van der Waals surface area contributed by atoms with Gasteiger partial charge in [0.15, 0.2) is 6.61 Å². The van der Waals surface area contributed by atoms with Crippen molar-refractivity contribution in [3.05, 3.63) is 46.3 Å². The Balaban J connectivity index is 1.92. The van der Waals surface area contributed by atoms with E-state index in [0.717, 1.165) is 4.47 Å². The van der Waals surface area contributed by atoms with Crippen LogP contribution in [0.2, 0.25) is 0 Å². The third-order valence-electron chi connectivity index (χ3n) is 3.05. The second kappa shape index (κ2) is 5.25. The molecule has 0 saturated carbocycles. The molecule has 3 rings (SSSR count). The smallest absolute Gasteiger partial charge is 0.371 e. The van der Waals surface area contributed by atoms with Crippen molar-refractivity contribution in [2.24, 2.45) is 0 Å². The van der Waals surface area contributed by atoms with Gasteiger partial charge in [0, 0.05) is 4.47 Å². The predicted octanol–water partition coefficient (Wildman–Crippen LogP) is 2.67. The molecule has 1 amide bonds. The van der Waals surface area contributed by atoms with Crippen LogP contribution in [-0.4, -0.2) is 23.6 Å². The molecule has 1 aliphatic rings. The van der Waals surface area contributed by atoms with E-state index in [4.69, 9.17) is 14.3 Å². The lowest BCUT2D eigenvalue weighted by Gasteiger charge is -2.28. The van der Waals surface area contributed by atoms with Crippen LogP contribution in [-0.2, 0) is 11.3 Å². The van der Waals surface area contributed by atoms with Crippen molar-refractivity contribution >= 4 is 33.5 Å². The molecule has 1 aliphatic heterocycles. The Morgan fingerprint density at radius 3 is 2.86 bits per heavy atom. The van der Waals surface area contributed by atoms with Crippen LogP contribution in [0.3, 0.4) is 0 Å². The van der Waals surface area contributed by atoms with E-state index >= 15 is 0 Å². The first-order valence-corrected chi connectivity index (χ1v) is 6.88. The molecular weight excluding hydrogens is 342 g/mol. The van der Waals surface area contributed by atoms with Gasteiger partial charge in [-0.05, 0) is 30.3 Å². The highest BCUT2D eigenvalue weighted by Crippen LogP contribution is 2.35. The second-order valence-corrected chi connectivity index (χ2v) is 5.37. The monoisotopic (exact) mass is 351 g/mol. The Morgan fingerprint density at radius 1 is 1.33 bits per heavy atom. The van der Waals surface area contributed by atoms with Crippen LogP contribution >= 0.6 is 15.9 Å². The highest BCUT2D eigenvalue weighted by molar-refractivity contribution is 9.10. The van der Waals surface area contributed by atoms with Gasteiger partial charge >= 0.3 is 5.97 Å². The third-order valence-corrected chi connectivity index (χ3v) is 3.54. The number of carbonyl (C=O) groups is 2. The number of rotatable bonds is 3. The summed E-state index contributed by atoms with van der Waals surface area (Å²) in [5, 5.41) is 8.85. The normalized spacial score (nSPS) is 13.8. The summed E-state index contributed by atoms with van der Waals surface area (Å²) in [6.07, 6.45) is 0. The van der Waals surface area contributed by atoms with Gasteiger partial charge in [-0.25, -0.2) is 4.79 Å². The van der Waals surface area contributed by atoms with Gasteiger partial charge in [0.2, 0.25) is 5.76 Å². The zero-order chi connectivity index (χ0) is 15.0. The van der Waals surface area contributed by atoms with Crippen LogP contribution in [0.5, 0.6) is 5.75 Å². The minimum atomic E-state index is -1.14.